The first kappa shape index (κ1) is 19.8. The maximum absolute atomic E-state index is 12.6. The van der Waals surface area contributed by atoms with Gasteiger partial charge in [0.1, 0.15) is 6.54 Å². The maximum Gasteiger partial charge on any atom is 0.416 e. The van der Waals surface area contributed by atoms with Gasteiger partial charge in [0, 0.05) is 25.3 Å². The van der Waals surface area contributed by atoms with Crippen LogP contribution in [0.1, 0.15) is 25.0 Å². The highest BCUT2D eigenvalue weighted by molar-refractivity contribution is 5.80. The third-order valence-corrected chi connectivity index (χ3v) is 2.88. The number of nitrogens with one attached hydrogen (secondary N) is 2. The summed E-state index contributed by atoms with van der Waals surface area (Å²) in [5, 5.41) is 6.21. The largest absolute Gasteiger partial charge is 0.416 e. The van der Waals surface area contributed by atoms with Crippen LogP contribution >= 0.6 is 0 Å². The first-order valence-electron chi connectivity index (χ1n) is 7.56. The van der Waals surface area contributed by atoms with Gasteiger partial charge in [-0.2, -0.15) is 13.2 Å². The van der Waals surface area contributed by atoms with Gasteiger partial charge in [-0.1, -0.05) is 17.9 Å². The molecule has 0 spiro atoms. The van der Waals surface area contributed by atoms with Crippen LogP contribution in [0.2, 0.25) is 0 Å². The molecule has 0 bridgehead atoms. The number of halogens is 3. The fourth-order valence-corrected chi connectivity index (χ4v) is 1.88. The van der Waals surface area contributed by atoms with E-state index in [-0.39, 0.29) is 12.6 Å². The molecule has 0 amide bonds. The minimum atomic E-state index is -4.37. The predicted molar refractivity (Wildman–Crippen MR) is 88.8 cm³/mol. The van der Waals surface area contributed by atoms with Crippen molar-refractivity contribution >= 4 is 5.96 Å². The van der Waals surface area contributed by atoms with E-state index in [1.807, 2.05) is 13.8 Å². The molecule has 0 fully saturated rings. The monoisotopic (exact) mass is 341 g/mol. The van der Waals surface area contributed by atoms with Crippen molar-refractivity contribution < 1.29 is 17.9 Å². The lowest BCUT2D eigenvalue weighted by molar-refractivity contribution is -0.137. The van der Waals surface area contributed by atoms with Crippen molar-refractivity contribution in [3.8, 4) is 11.8 Å². The standard InChI is InChI=1S/C17H22F3N3O/c1-4-21-16(23-13(2)12-24-3)22-10-6-8-14-7-5-9-15(11-14)17(18,19)20/h5,7,9,11,13H,4,10,12H2,1-3H3,(H2,21,22,23). The van der Waals surface area contributed by atoms with Gasteiger partial charge in [-0.25, -0.2) is 4.99 Å². The van der Waals surface area contributed by atoms with Gasteiger partial charge in [0.2, 0.25) is 0 Å². The number of ether oxygens (including phenoxy) is 1. The van der Waals surface area contributed by atoms with Crippen LogP contribution in [0.5, 0.6) is 0 Å². The summed E-state index contributed by atoms with van der Waals surface area (Å²) in [6, 6.07) is 5.00. The molecule has 0 saturated heterocycles. The quantitative estimate of drug-likeness (QED) is 0.492. The van der Waals surface area contributed by atoms with Gasteiger partial charge in [0.05, 0.1) is 12.2 Å². The van der Waals surface area contributed by atoms with E-state index in [9.17, 15) is 13.2 Å². The van der Waals surface area contributed by atoms with Gasteiger partial charge in [-0.15, -0.1) is 0 Å². The first-order chi connectivity index (χ1) is 11.4. The van der Waals surface area contributed by atoms with Crippen LogP contribution in [0, 0.1) is 11.8 Å². The molecule has 0 aromatic heterocycles. The van der Waals surface area contributed by atoms with Crippen LogP contribution in [0.15, 0.2) is 29.3 Å². The third kappa shape index (κ3) is 7.38. The van der Waals surface area contributed by atoms with E-state index >= 15 is 0 Å². The molecule has 1 aromatic carbocycles. The van der Waals surface area contributed by atoms with Gasteiger partial charge in [-0.3, -0.25) is 0 Å². The van der Waals surface area contributed by atoms with Gasteiger partial charge < -0.3 is 15.4 Å². The minimum Gasteiger partial charge on any atom is -0.383 e. The number of benzene rings is 1. The average molecular weight is 341 g/mol. The molecule has 0 aliphatic carbocycles. The lowest BCUT2D eigenvalue weighted by atomic mass is 10.1. The summed E-state index contributed by atoms with van der Waals surface area (Å²) in [5.41, 5.74) is -0.396. The molecule has 1 rings (SSSR count). The number of rotatable bonds is 5. The van der Waals surface area contributed by atoms with E-state index in [1.165, 1.54) is 12.1 Å². The van der Waals surface area contributed by atoms with Crippen LogP contribution < -0.4 is 10.6 Å². The molecule has 4 nitrogen and oxygen atoms in total. The van der Waals surface area contributed by atoms with Crippen LogP contribution in [-0.2, 0) is 10.9 Å². The van der Waals surface area contributed by atoms with Crippen molar-refractivity contribution in [2.24, 2.45) is 4.99 Å². The van der Waals surface area contributed by atoms with E-state index in [0.29, 0.717) is 24.7 Å². The number of nitrogens with zero attached hydrogens (tertiary/aromatic N) is 1. The molecule has 0 radical (unpaired) electrons. The molecule has 1 unspecified atom stereocenters. The second-order valence-electron chi connectivity index (χ2n) is 5.08. The van der Waals surface area contributed by atoms with Gasteiger partial charge >= 0.3 is 6.18 Å². The molecule has 0 aliphatic rings. The molecule has 0 heterocycles. The number of alkyl halides is 3. The smallest absolute Gasteiger partial charge is 0.383 e. The fraction of sp³-hybridized carbons (Fsp3) is 0.471. The first-order valence-corrected chi connectivity index (χ1v) is 7.56. The van der Waals surface area contributed by atoms with E-state index < -0.39 is 11.7 Å². The van der Waals surface area contributed by atoms with Crippen molar-refractivity contribution in [2.45, 2.75) is 26.1 Å². The number of hydrogen-bond acceptors (Lipinski definition) is 2. The van der Waals surface area contributed by atoms with Crippen LogP contribution in [-0.4, -0.2) is 38.8 Å². The molecule has 1 aromatic rings. The lowest BCUT2D eigenvalue weighted by Gasteiger charge is -2.16. The van der Waals surface area contributed by atoms with E-state index in [4.69, 9.17) is 4.74 Å². The third-order valence-electron chi connectivity index (χ3n) is 2.88. The highest BCUT2D eigenvalue weighted by atomic mass is 19.4. The SMILES string of the molecule is CCNC(=NCC#Cc1cccc(C(F)(F)F)c1)NC(C)COC. The zero-order chi connectivity index (χ0) is 18.0. The summed E-state index contributed by atoms with van der Waals surface area (Å²) in [5.74, 6) is 6.04. The molecular weight excluding hydrogens is 319 g/mol. The number of methoxy groups -OCH3 is 1. The summed E-state index contributed by atoms with van der Waals surface area (Å²) in [4.78, 5) is 4.26. The Morgan fingerprint density at radius 2 is 2.12 bits per heavy atom. The molecule has 24 heavy (non-hydrogen) atoms. The number of aliphatic imine (C=N–C) groups is 1. The van der Waals surface area contributed by atoms with E-state index in [2.05, 4.69) is 27.5 Å². The average Bonchev–Trinajstić information content (AvgIpc) is 2.51. The Labute approximate surface area is 140 Å². The van der Waals surface area contributed by atoms with E-state index in [1.54, 1.807) is 7.11 Å². The summed E-state index contributed by atoms with van der Waals surface area (Å²) in [6.07, 6.45) is -4.37. The van der Waals surface area contributed by atoms with Crippen molar-refractivity contribution in [3.63, 3.8) is 0 Å². The Hall–Kier alpha value is -2.20. The van der Waals surface area contributed by atoms with Crippen molar-refractivity contribution in [3.05, 3.63) is 35.4 Å². The minimum absolute atomic E-state index is 0.0734. The number of hydrogen-bond donors (Lipinski definition) is 2. The topological polar surface area (TPSA) is 45.7 Å². The summed E-state index contributed by atoms with van der Waals surface area (Å²) in [7, 11) is 1.61. The summed E-state index contributed by atoms with van der Waals surface area (Å²) >= 11 is 0. The molecule has 0 saturated carbocycles. The predicted octanol–water partition coefficient (Wildman–Crippen LogP) is 2.65. The summed E-state index contributed by atoms with van der Waals surface area (Å²) < 4.78 is 42.9. The highest BCUT2D eigenvalue weighted by Gasteiger charge is 2.30. The molecule has 7 heteroatoms. The molecule has 132 valence electrons. The van der Waals surface area contributed by atoms with Crippen LogP contribution in [0.25, 0.3) is 0 Å². The zero-order valence-corrected chi connectivity index (χ0v) is 14.0. The Balaban J connectivity index is 2.72. The van der Waals surface area contributed by atoms with Gasteiger partial charge in [-0.05, 0) is 32.0 Å². The molecule has 2 N–H and O–H groups in total. The van der Waals surface area contributed by atoms with E-state index in [0.717, 1.165) is 12.1 Å². The second kappa shape index (κ2) is 9.83. The summed E-state index contributed by atoms with van der Waals surface area (Å²) in [6.45, 7) is 5.27. The highest BCUT2D eigenvalue weighted by Crippen LogP contribution is 2.29. The second-order valence-corrected chi connectivity index (χ2v) is 5.08. The Morgan fingerprint density at radius 3 is 2.75 bits per heavy atom. The fourth-order valence-electron chi connectivity index (χ4n) is 1.88. The Bertz CT molecular complexity index is 603. The normalized spacial score (nSPS) is 13.0. The molecular formula is C17H22F3N3O. The maximum atomic E-state index is 12.6. The zero-order valence-electron chi connectivity index (χ0n) is 14.0. The molecule has 1 atom stereocenters. The van der Waals surface area contributed by atoms with Gasteiger partial charge in [0.15, 0.2) is 5.96 Å². The van der Waals surface area contributed by atoms with Crippen LogP contribution in [0.3, 0.4) is 0 Å². The van der Waals surface area contributed by atoms with Gasteiger partial charge in [0.25, 0.3) is 0 Å². The number of guanidine groups is 1. The molecule has 0 aliphatic heterocycles. The van der Waals surface area contributed by atoms with Crippen molar-refractivity contribution in [2.75, 3.05) is 26.8 Å². The Morgan fingerprint density at radius 1 is 1.38 bits per heavy atom. The lowest BCUT2D eigenvalue weighted by Crippen LogP contribution is -2.44. The Kier molecular flexibility index (Phi) is 8.13. The van der Waals surface area contributed by atoms with Crippen LogP contribution in [0.4, 0.5) is 13.2 Å². The van der Waals surface area contributed by atoms with Crippen molar-refractivity contribution in [1.29, 1.82) is 0 Å². The van der Waals surface area contributed by atoms with Crippen molar-refractivity contribution in [1.82, 2.24) is 10.6 Å².